The summed E-state index contributed by atoms with van der Waals surface area (Å²) in [4.78, 5) is 0.203. The van der Waals surface area contributed by atoms with E-state index >= 15 is 0 Å². The van der Waals surface area contributed by atoms with E-state index in [1.807, 2.05) is 0 Å². The normalized spacial score (nSPS) is 13.5. The molecule has 0 aliphatic heterocycles. The third-order valence-electron chi connectivity index (χ3n) is 3.23. The van der Waals surface area contributed by atoms with Gasteiger partial charge < -0.3 is 10.2 Å². The predicted molar refractivity (Wildman–Crippen MR) is 78.2 cm³/mol. The third kappa shape index (κ3) is 3.17. The number of hydrogen-bond acceptors (Lipinski definition) is 5. The summed E-state index contributed by atoms with van der Waals surface area (Å²) in [6, 6.07) is 2.99. The van der Waals surface area contributed by atoms with Crippen molar-refractivity contribution >= 4 is 10.0 Å². The molecule has 8 heteroatoms. The fourth-order valence-corrected chi connectivity index (χ4v) is 3.92. The van der Waals surface area contributed by atoms with Gasteiger partial charge in [0.1, 0.15) is 10.7 Å². The van der Waals surface area contributed by atoms with Gasteiger partial charge in [-0.2, -0.15) is 5.10 Å². The van der Waals surface area contributed by atoms with Crippen LogP contribution in [0.5, 0.6) is 0 Å². The van der Waals surface area contributed by atoms with Gasteiger partial charge in [0.05, 0.1) is 30.2 Å². The SMILES string of the molecule is Cc1nn(CCN)c(C)c1S(=O)(=O)NC(C)c1ccco1. The average Bonchev–Trinajstić information content (AvgIpc) is 2.98. The molecule has 1 atom stereocenters. The van der Waals surface area contributed by atoms with Crippen molar-refractivity contribution in [3.63, 3.8) is 0 Å². The Morgan fingerprint density at radius 1 is 1.48 bits per heavy atom. The van der Waals surface area contributed by atoms with E-state index in [1.165, 1.54) is 6.26 Å². The van der Waals surface area contributed by atoms with Crippen LogP contribution in [0, 0.1) is 13.8 Å². The van der Waals surface area contributed by atoms with Gasteiger partial charge in [-0.1, -0.05) is 0 Å². The number of nitrogens with two attached hydrogens (primary N) is 1. The lowest BCUT2D eigenvalue weighted by Gasteiger charge is -2.12. The van der Waals surface area contributed by atoms with Crippen LogP contribution < -0.4 is 10.5 Å². The van der Waals surface area contributed by atoms with Gasteiger partial charge in [0.25, 0.3) is 0 Å². The first-order chi connectivity index (χ1) is 9.86. The van der Waals surface area contributed by atoms with Crippen LogP contribution in [0.1, 0.15) is 30.1 Å². The summed E-state index contributed by atoms with van der Waals surface area (Å²) in [5.41, 5.74) is 6.54. The second-order valence-electron chi connectivity index (χ2n) is 4.87. The van der Waals surface area contributed by atoms with Crippen LogP contribution in [-0.2, 0) is 16.6 Å². The topological polar surface area (TPSA) is 103 Å². The minimum atomic E-state index is -3.68. The maximum Gasteiger partial charge on any atom is 0.244 e. The van der Waals surface area contributed by atoms with E-state index < -0.39 is 16.1 Å². The van der Waals surface area contributed by atoms with Crippen LogP contribution in [0.4, 0.5) is 0 Å². The van der Waals surface area contributed by atoms with E-state index in [0.717, 1.165) is 0 Å². The molecule has 1 unspecified atom stereocenters. The predicted octanol–water partition coefficient (Wildman–Crippen LogP) is 1.09. The molecule has 0 radical (unpaired) electrons. The largest absolute Gasteiger partial charge is 0.468 e. The molecule has 0 aromatic carbocycles. The molecule has 0 amide bonds. The molecule has 2 aromatic heterocycles. The van der Waals surface area contributed by atoms with Gasteiger partial charge in [0, 0.05) is 6.54 Å². The van der Waals surface area contributed by atoms with E-state index in [-0.39, 0.29) is 4.90 Å². The second kappa shape index (κ2) is 6.00. The molecule has 21 heavy (non-hydrogen) atoms. The molecule has 0 fully saturated rings. The molecule has 3 N–H and O–H groups in total. The Balaban J connectivity index is 2.32. The fraction of sp³-hybridized carbons (Fsp3) is 0.462. The van der Waals surface area contributed by atoms with Crippen molar-refractivity contribution in [2.45, 2.75) is 38.3 Å². The number of aromatic nitrogens is 2. The summed E-state index contributed by atoms with van der Waals surface area (Å²) in [6.45, 7) is 6.01. The van der Waals surface area contributed by atoms with E-state index in [0.29, 0.717) is 30.2 Å². The van der Waals surface area contributed by atoms with Crippen LogP contribution in [0.25, 0.3) is 0 Å². The number of furan rings is 1. The lowest BCUT2D eigenvalue weighted by atomic mass is 10.3. The molecular formula is C13H20N4O3S. The van der Waals surface area contributed by atoms with Gasteiger partial charge in [0.2, 0.25) is 10.0 Å². The quantitative estimate of drug-likeness (QED) is 0.831. The zero-order valence-corrected chi connectivity index (χ0v) is 13.1. The first kappa shape index (κ1) is 15.7. The molecular weight excluding hydrogens is 292 g/mol. The Hall–Kier alpha value is -1.64. The number of sulfonamides is 1. The van der Waals surface area contributed by atoms with E-state index in [9.17, 15) is 8.42 Å². The Morgan fingerprint density at radius 2 is 2.19 bits per heavy atom. The lowest BCUT2D eigenvalue weighted by molar-refractivity contribution is 0.459. The van der Waals surface area contributed by atoms with Gasteiger partial charge in [0.15, 0.2) is 0 Å². The highest BCUT2D eigenvalue weighted by Gasteiger charge is 2.27. The second-order valence-corrected chi connectivity index (χ2v) is 6.52. The standard InChI is InChI=1S/C13H20N4O3S/c1-9(12-5-4-8-20-12)16-21(18,19)13-10(2)15-17(7-6-14)11(13)3/h4-5,8-9,16H,6-7,14H2,1-3H3. The molecule has 7 nitrogen and oxygen atoms in total. The van der Waals surface area contributed by atoms with Gasteiger partial charge in [-0.25, -0.2) is 13.1 Å². The van der Waals surface area contributed by atoms with E-state index in [1.54, 1.807) is 37.6 Å². The summed E-state index contributed by atoms with van der Waals surface area (Å²) in [5.74, 6) is 0.559. The molecule has 0 bridgehead atoms. The van der Waals surface area contributed by atoms with Crippen LogP contribution in [0.3, 0.4) is 0 Å². The molecule has 0 aliphatic rings. The summed E-state index contributed by atoms with van der Waals surface area (Å²) in [6.07, 6.45) is 1.51. The first-order valence-electron chi connectivity index (χ1n) is 6.66. The summed E-state index contributed by atoms with van der Waals surface area (Å²) >= 11 is 0. The van der Waals surface area contributed by atoms with Crippen molar-refractivity contribution in [2.24, 2.45) is 5.73 Å². The number of hydrogen-bond donors (Lipinski definition) is 2. The highest BCUT2D eigenvalue weighted by molar-refractivity contribution is 7.89. The molecule has 0 saturated heterocycles. The van der Waals surface area contributed by atoms with Gasteiger partial charge >= 0.3 is 0 Å². The monoisotopic (exact) mass is 312 g/mol. The summed E-state index contributed by atoms with van der Waals surface area (Å²) in [7, 11) is -3.68. The first-order valence-corrected chi connectivity index (χ1v) is 8.15. The van der Waals surface area contributed by atoms with Gasteiger partial charge in [-0.05, 0) is 32.9 Å². The number of rotatable bonds is 6. The highest BCUT2D eigenvalue weighted by atomic mass is 32.2. The zero-order valence-electron chi connectivity index (χ0n) is 12.3. The van der Waals surface area contributed by atoms with Gasteiger partial charge in [-0.15, -0.1) is 0 Å². The molecule has 2 aromatic rings. The van der Waals surface area contributed by atoms with Crippen LogP contribution in [-0.4, -0.2) is 24.7 Å². The van der Waals surface area contributed by atoms with Crippen molar-refractivity contribution in [2.75, 3.05) is 6.54 Å². The Morgan fingerprint density at radius 3 is 2.76 bits per heavy atom. The Kier molecular flexibility index (Phi) is 4.50. The van der Waals surface area contributed by atoms with Crippen molar-refractivity contribution in [3.8, 4) is 0 Å². The molecule has 2 heterocycles. The van der Waals surface area contributed by atoms with E-state index in [4.69, 9.17) is 10.2 Å². The minimum Gasteiger partial charge on any atom is -0.468 e. The molecule has 116 valence electrons. The van der Waals surface area contributed by atoms with Crippen LogP contribution in [0.15, 0.2) is 27.7 Å². The van der Waals surface area contributed by atoms with Crippen molar-refractivity contribution in [3.05, 3.63) is 35.5 Å². The number of nitrogens with one attached hydrogen (secondary N) is 1. The summed E-state index contributed by atoms with van der Waals surface area (Å²) < 4.78 is 34.6. The van der Waals surface area contributed by atoms with Crippen LogP contribution >= 0.6 is 0 Å². The maximum absolute atomic E-state index is 12.6. The zero-order chi connectivity index (χ0) is 15.6. The van der Waals surface area contributed by atoms with E-state index in [2.05, 4.69) is 9.82 Å². The summed E-state index contributed by atoms with van der Waals surface area (Å²) in [5, 5.41) is 4.23. The molecule has 0 saturated carbocycles. The third-order valence-corrected chi connectivity index (χ3v) is 5.02. The van der Waals surface area contributed by atoms with Gasteiger partial charge in [-0.3, -0.25) is 4.68 Å². The van der Waals surface area contributed by atoms with Crippen molar-refractivity contribution in [1.82, 2.24) is 14.5 Å². The molecule has 2 rings (SSSR count). The molecule has 0 spiro atoms. The smallest absolute Gasteiger partial charge is 0.244 e. The van der Waals surface area contributed by atoms with Crippen molar-refractivity contribution in [1.29, 1.82) is 0 Å². The number of nitrogens with zero attached hydrogens (tertiary/aromatic N) is 2. The Bertz CT molecular complexity index is 704. The molecule has 0 aliphatic carbocycles. The average molecular weight is 312 g/mol. The Labute approximate surface area is 124 Å². The lowest BCUT2D eigenvalue weighted by Crippen LogP contribution is -2.27. The highest BCUT2D eigenvalue weighted by Crippen LogP contribution is 2.22. The number of aryl methyl sites for hydroxylation is 1. The fourth-order valence-electron chi connectivity index (χ4n) is 2.30. The van der Waals surface area contributed by atoms with Crippen molar-refractivity contribution < 1.29 is 12.8 Å². The minimum absolute atomic E-state index is 0.203. The maximum atomic E-state index is 12.6. The van der Waals surface area contributed by atoms with Crippen LogP contribution in [0.2, 0.25) is 0 Å².